The average molecular weight is 584 g/mol. The predicted molar refractivity (Wildman–Crippen MR) is 167 cm³/mol. The van der Waals surface area contributed by atoms with Crippen LogP contribution >= 0.6 is 0 Å². The summed E-state index contributed by atoms with van der Waals surface area (Å²) in [6.45, 7) is 11.2. The van der Waals surface area contributed by atoms with Crippen LogP contribution in [0.15, 0.2) is 24.3 Å². The highest BCUT2D eigenvalue weighted by Gasteiger charge is 2.34. The number of benzene rings is 1. The van der Waals surface area contributed by atoms with Gasteiger partial charge in [0, 0.05) is 55.8 Å². The molecule has 10 nitrogen and oxygen atoms in total. The van der Waals surface area contributed by atoms with E-state index < -0.39 is 0 Å². The second-order valence-corrected chi connectivity index (χ2v) is 12.0. The second kappa shape index (κ2) is 12.3. The van der Waals surface area contributed by atoms with Gasteiger partial charge in [-0.2, -0.15) is 5.26 Å². The minimum Gasteiger partial charge on any atom is -0.495 e. The van der Waals surface area contributed by atoms with Crippen LogP contribution in [0.25, 0.3) is 10.9 Å². The Kier molecular flexibility index (Phi) is 8.37. The molecule has 0 bridgehead atoms. The number of aryl methyl sites for hydroxylation is 1. The van der Waals surface area contributed by atoms with Crippen molar-refractivity contribution in [3.05, 3.63) is 52.3 Å². The fourth-order valence-corrected chi connectivity index (χ4v) is 6.23. The van der Waals surface area contributed by atoms with Gasteiger partial charge in [0.15, 0.2) is 0 Å². The first-order chi connectivity index (χ1) is 20.9. The lowest BCUT2D eigenvalue weighted by atomic mass is 10.0. The van der Waals surface area contributed by atoms with Gasteiger partial charge in [-0.1, -0.05) is 6.07 Å². The topological polar surface area (TPSA) is 116 Å². The highest BCUT2D eigenvalue weighted by Crippen LogP contribution is 2.45. The van der Waals surface area contributed by atoms with Gasteiger partial charge in [0.2, 0.25) is 0 Å². The molecule has 3 fully saturated rings. The Morgan fingerprint density at radius 2 is 1.93 bits per heavy atom. The highest BCUT2D eigenvalue weighted by atomic mass is 16.5. The summed E-state index contributed by atoms with van der Waals surface area (Å²) in [4.78, 5) is 29.5. The maximum atomic E-state index is 14.6. The number of anilines is 2. The van der Waals surface area contributed by atoms with Crippen LogP contribution < -0.4 is 25.2 Å². The largest absolute Gasteiger partial charge is 0.495 e. The molecule has 2 saturated heterocycles. The molecular formula is C33H41N7O3. The van der Waals surface area contributed by atoms with E-state index in [4.69, 9.17) is 19.4 Å². The normalized spacial score (nSPS) is 19.9. The van der Waals surface area contributed by atoms with E-state index >= 15 is 0 Å². The van der Waals surface area contributed by atoms with Gasteiger partial charge in [-0.25, -0.2) is 4.98 Å². The van der Waals surface area contributed by atoms with Crippen LogP contribution in [0, 0.1) is 18.3 Å². The van der Waals surface area contributed by atoms with Crippen molar-refractivity contribution >= 4 is 28.3 Å². The SMILES string of the molecule is COc1cc([C@H](C)NC(=O)c2c(N3CCOCC3)nc3c(C4CC4)nc(C)cc3c2N2CCN[C@@H](C)CC2)ccc1C#N. The second-order valence-electron chi connectivity index (χ2n) is 12.0. The number of carbonyl (C=O) groups excluding carboxylic acids is 1. The molecule has 1 saturated carbocycles. The molecule has 1 aromatic carbocycles. The van der Waals surface area contributed by atoms with Crippen molar-refractivity contribution in [2.45, 2.75) is 58.0 Å². The van der Waals surface area contributed by atoms with Gasteiger partial charge in [0.1, 0.15) is 23.2 Å². The third kappa shape index (κ3) is 5.97. The molecule has 2 atom stereocenters. The average Bonchev–Trinajstić information content (AvgIpc) is 3.88. The number of nitriles is 1. The van der Waals surface area contributed by atoms with Crippen molar-refractivity contribution in [3.8, 4) is 11.8 Å². The van der Waals surface area contributed by atoms with Crippen molar-refractivity contribution in [2.24, 2.45) is 0 Å². The Labute approximate surface area is 253 Å². The summed E-state index contributed by atoms with van der Waals surface area (Å²) in [5.41, 5.74) is 5.77. The van der Waals surface area contributed by atoms with E-state index in [1.807, 2.05) is 26.0 Å². The van der Waals surface area contributed by atoms with E-state index in [0.717, 1.165) is 72.4 Å². The van der Waals surface area contributed by atoms with Gasteiger partial charge in [-0.05, 0) is 63.8 Å². The van der Waals surface area contributed by atoms with Crippen molar-refractivity contribution < 1.29 is 14.3 Å². The fraction of sp³-hybridized carbons (Fsp3) is 0.515. The smallest absolute Gasteiger partial charge is 0.257 e. The zero-order valence-electron chi connectivity index (χ0n) is 25.6. The van der Waals surface area contributed by atoms with Crippen LogP contribution in [-0.4, -0.2) is 75.0 Å². The van der Waals surface area contributed by atoms with Crippen LogP contribution in [0.2, 0.25) is 0 Å². The molecule has 0 spiro atoms. The molecule has 226 valence electrons. The van der Waals surface area contributed by atoms with Gasteiger partial charge in [0.25, 0.3) is 5.91 Å². The number of fused-ring (bicyclic) bond motifs is 1. The van der Waals surface area contributed by atoms with Gasteiger partial charge in [-0.3, -0.25) is 9.78 Å². The van der Waals surface area contributed by atoms with Crippen LogP contribution in [0.5, 0.6) is 5.75 Å². The lowest BCUT2D eigenvalue weighted by Crippen LogP contribution is -2.40. The first-order valence-electron chi connectivity index (χ1n) is 15.4. The van der Waals surface area contributed by atoms with Gasteiger partial charge in [0.05, 0.1) is 48.8 Å². The summed E-state index contributed by atoms with van der Waals surface area (Å²) in [5.74, 6) is 1.43. The number of hydrogen-bond acceptors (Lipinski definition) is 9. The van der Waals surface area contributed by atoms with E-state index in [0.29, 0.717) is 61.0 Å². The summed E-state index contributed by atoms with van der Waals surface area (Å²) in [6.07, 6.45) is 3.21. The summed E-state index contributed by atoms with van der Waals surface area (Å²) in [7, 11) is 1.55. The number of hydrogen-bond donors (Lipinski definition) is 2. The molecule has 10 heteroatoms. The molecule has 3 aromatic rings. The number of carbonyl (C=O) groups is 1. The summed E-state index contributed by atoms with van der Waals surface area (Å²) >= 11 is 0. The molecule has 0 radical (unpaired) electrons. The van der Waals surface area contributed by atoms with Crippen LogP contribution in [0.4, 0.5) is 11.5 Å². The number of aromatic nitrogens is 2. The molecule has 1 amide bonds. The lowest BCUT2D eigenvalue weighted by Gasteiger charge is -2.34. The Morgan fingerprint density at radius 3 is 2.65 bits per heavy atom. The van der Waals surface area contributed by atoms with E-state index in [-0.39, 0.29) is 11.9 Å². The van der Waals surface area contributed by atoms with Gasteiger partial charge < -0.3 is 29.9 Å². The molecule has 6 rings (SSSR count). The third-order valence-corrected chi connectivity index (χ3v) is 8.80. The third-order valence-electron chi connectivity index (χ3n) is 8.80. The first-order valence-corrected chi connectivity index (χ1v) is 15.4. The molecule has 1 aliphatic carbocycles. The van der Waals surface area contributed by atoms with E-state index in [1.165, 1.54) is 0 Å². The van der Waals surface area contributed by atoms with Gasteiger partial charge >= 0.3 is 0 Å². The maximum absolute atomic E-state index is 14.6. The molecule has 2 N–H and O–H groups in total. The zero-order valence-corrected chi connectivity index (χ0v) is 25.6. The lowest BCUT2D eigenvalue weighted by molar-refractivity contribution is 0.0938. The zero-order chi connectivity index (χ0) is 30.1. The number of ether oxygens (including phenoxy) is 2. The molecule has 4 heterocycles. The van der Waals surface area contributed by atoms with Gasteiger partial charge in [-0.15, -0.1) is 0 Å². The van der Waals surface area contributed by atoms with Crippen molar-refractivity contribution in [2.75, 3.05) is 62.8 Å². The van der Waals surface area contributed by atoms with Crippen molar-refractivity contribution in [1.29, 1.82) is 5.26 Å². The first kappa shape index (κ1) is 29.1. The highest BCUT2D eigenvalue weighted by molar-refractivity contribution is 6.12. The Morgan fingerprint density at radius 1 is 1.14 bits per heavy atom. The standard InChI is InChI=1S/C33H41N7O3/c1-20-9-11-39(12-10-35-20)31-26-17-21(2)36-29(23-5-6-23)30(26)38-32(40-13-15-43-16-14-40)28(31)33(41)37-22(3)24-7-8-25(19-34)27(18-24)42-4/h7-8,17-18,20,22-23,35H,5-6,9-16H2,1-4H3,(H,37,41)/t20-,22-/m0/s1. The van der Waals surface area contributed by atoms with Crippen LogP contribution in [-0.2, 0) is 4.74 Å². The Hall–Kier alpha value is -3.94. The quantitative estimate of drug-likeness (QED) is 0.422. The molecule has 2 aliphatic heterocycles. The van der Waals surface area contributed by atoms with E-state index in [1.54, 1.807) is 13.2 Å². The molecule has 43 heavy (non-hydrogen) atoms. The Balaban J connectivity index is 1.51. The number of methoxy groups -OCH3 is 1. The molecule has 3 aliphatic rings. The number of nitrogens with one attached hydrogen (secondary N) is 2. The monoisotopic (exact) mass is 583 g/mol. The minimum atomic E-state index is -0.331. The minimum absolute atomic E-state index is 0.172. The number of rotatable bonds is 7. The summed E-state index contributed by atoms with van der Waals surface area (Å²) in [5, 5.41) is 17.3. The summed E-state index contributed by atoms with van der Waals surface area (Å²) in [6, 6.07) is 9.76. The number of morpholine rings is 1. The number of amides is 1. The van der Waals surface area contributed by atoms with E-state index in [9.17, 15) is 10.1 Å². The van der Waals surface area contributed by atoms with E-state index in [2.05, 4.69) is 39.5 Å². The summed E-state index contributed by atoms with van der Waals surface area (Å²) < 4.78 is 11.1. The fourth-order valence-electron chi connectivity index (χ4n) is 6.23. The van der Waals surface area contributed by atoms with Crippen molar-refractivity contribution in [3.63, 3.8) is 0 Å². The number of nitrogens with zero attached hydrogens (tertiary/aromatic N) is 5. The van der Waals surface area contributed by atoms with Crippen LogP contribution in [0.3, 0.4) is 0 Å². The number of pyridine rings is 2. The Bertz CT molecular complexity index is 1560. The maximum Gasteiger partial charge on any atom is 0.257 e. The predicted octanol–water partition coefficient (Wildman–Crippen LogP) is 4.21. The molecule has 2 aromatic heterocycles. The molecule has 0 unspecified atom stereocenters. The van der Waals surface area contributed by atoms with Crippen LogP contribution in [0.1, 0.15) is 77.9 Å². The van der Waals surface area contributed by atoms with Crippen molar-refractivity contribution in [1.82, 2.24) is 20.6 Å². The molecular weight excluding hydrogens is 542 g/mol.